The van der Waals surface area contributed by atoms with Gasteiger partial charge in [0.25, 0.3) is 0 Å². The molecule has 0 fully saturated rings. The molecule has 0 spiro atoms. The molecule has 90 valence electrons. The minimum atomic E-state index is 0.672. The lowest BCUT2D eigenvalue weighted by Crippen LogP contribution is -1.89. The van der Waals surface area contributed by atoms with Crippen LogP contribution in [0.1, 0.15) is 0 Å². The average Bonchev–Trinajstić information content (AvgIpc) is 2.37. The molecular formula is C15H10Cl2O. The molecule has 3 heteroatoms. The number of methoxy groups -OCH3 is 1. The number of hydrogen-bond donors (Lipinski definition) is 0. The van der Waals surface area contributed by atoms with Gasteiger partial charge in [0.1, 0.15) is 5.75 Å². The van der Waals surface area contributed by atoms with Crippen LogP contribution in [0.4, 0.5) is 0 Å². The van der Waals surface area contributed by atoms with Crippen molar-refractivity contribution in [2.24, 2.45) is 0 Å². The van der Waals surface area contributed by atoms with Crippen LogP contribution in [0.15, 0.2) is 42.5 Å². The lowest BCUT2D eigenvalue weighted by molar-refractivity contribution is 0.424. The maximum Gasteiger partial charge on any atom is 0.137 e. The summed E-state index contributed by atoms with van der Waals surface area (Å²) < 4.78 is 5.53. The van der Waals surface area contributed by atoms with Gasteiger partial charge in [0, 0.05) is 10.8 Å². The van der Waals surface area contributed by atoms with Crippen LogP contribution in [-0.2, 0) is 0 Å². The van der Waals surface area contributed by atoms with Crippen molar-refractivity contribution in [2.45, 2.75) is 0 Å². The third-order valence-electron chi connectivity index (χ3n) is 3.06. The molecule has 0 aliphatic carbocycles. The number of halogens is 2. The summed E-state index contributed by atoms with van der Waals surface area (Å²) in [7, 11) is 1.64. The summed E-state index contributed by atoms with van der Waals surface area (Å²) in [6.07, 6.45) is 0. The van der Waals surface area contributed by atoms with E-state index in [2.05, 4.69) is 6.07 Å². The van der Waals surface area contributed by atoms with Gasteiger partial charge in [-0.25, -0.2) is 0 Å². The fraction of sp³-hybridized carbons (Fsp3) is 0.0667. The van der Waals surface area contributed by atoms with Crippen molar-refractivity contribution in [1.82, 2.24) is 0 Å². The first kappa shape index (κ1) is 11.6. The highest BCUT2D eigenvalue weighted by molar-refractivity contribution is 6.39. The van der Waals surface area contributed by atoms with Crippen molar-refractivity contribution in [1.29, 1.82) is 0 Å². The van der Waals surface area contributed by atoms with Crippen molar-refractivity contribution in [3.8, 4) is 5.75 Å². The molecule has 1 nitrogen and oxygen atoms in total. The van der Waals surface area contributed by atoms with E-state index in [0.29, 0.717) is 10.0 Å². The number of ether oxygens (including phenoxy) is 1. The molecule has 0 heterocycles. The Hall–Kier alpha value is -1.44. The van der Waals surface area contributed by atoms with Crippen molar-refractivity contribution < 1.29 is 4.74 Å². The van der Waals surface area contributed by atoms with Crippen LogP contribution in [0.5, 0.6) is 5.75 Å². The number of rotatable bonds is 1. The first-order valence-electron chi connectivity index (χ1n) is 5.56. The van der Waals surface area contributed by atoms with Gasteiger partial charge in [0.2, 0.25) is 0 Å². The van der Waals surface area contributed by atoms with Gasteiger partial charge in [-0.1, -0.05) is 47.5 Å². The molecule has 3 aromatic carbocycles. The highest BCUT2D eigenvalue weighted by Gasteiger charge is 2.13. The summed E-state index contributed by atoms with van der Waals surface area (Å²) >= 11 is 12.5. The van der Waals surface area contributed by atoms with Crippen LogP contribution in [0.2, 0.25) is 10.0 Å². The van der Waals surface area contributed by atoms with Crippen LogP contribution >= 0.6 is 23.2 Å². The SMILES string of the molecule is COc1c2c(Cl)cccc2cc2cccc(Cl)c12. The highest BCUT2D eigenvalue weighted by Crippen LogP contribution is 2.41. The van der Waals surface area contributed by atoms with E-state index in [0.717, 1.165) is 27.3 Å². The van der Waals surface area contributed by atoms with Gasteiger partial charge in [-0.05, 0) is 29.0 Å². The Bertz CT molecular complexity index is 690. The van der Waals surface area contributed by atoms with E-state index in [-0.39, 0.29) is 0 Å². The Labute approximate surface area is 115 Å². The van der Waals surface area contributed by atoms with Gasteiger partial charge < -0.3 is 4.74 Å². The average molecular weight is 277 g/mol. The summed E-state index contributed by atoms with van der Waals surface area (Å²) in [6.45, 7) is 0. The van der Waals surface area contributed by atoms with E-state index in [9.17, 15) is 0 Å². The first-order valence-corrected chi connectivity index (χ1v) is 6.31. The lowest BCUT2D eigenvalue weighted by atomic mass is 10.0. The molecule has 0 saturated carbocycles. The minimum Gasteiger partial charge on any atom is -0.495 e. The molecule has 0 aromatic heterocycles. The van der Waals surface area contributed by atoms with Gasteiger partial charge >= 0.3 is 0 Å². The number of hydrogen-bond acceptors (Lipinski definition) is 1. The van der Waals surface area contributed by atoms with E-state index in [1.165, 1.54) is 0 Å². The molecule has 3 rings (SSSR count). The van der Waals surface area contributed by atoms with Crippen molar-refractivity contribution in [2.75, 3.05) is 7.11 Å². The molecule has 0 radical (unpaired) electrons. The van der Waals surface area contributed by atoms with Crippen molar-refractivity contribution in [3.05, 3.63) is 52.5 Å². The molecule has 0 bridgehead atoms. The predicted molar refractivity (Wildman–Crippen MR) is 78.0 cm³/mol. The van der Waals surface area contributed by atoms with E-state index < -0.39 is 0 Å². The fourth-order valence-electron chi connectivity index (χ4n) is 2.30. The van der Waals surface area contributed by atoms with Crippen LogP contribution in [-0.4, -0.2) is 7.11 Å². The molecule has 0 saturated heterocycles. The zero-order chi connectivity index (χ0) is 12.7. The summed E-state index contributed by atoms with van der Waals surface area (Å²) in [4.78, 5) is 0. The Morgan fingerprint density at radius 3 is 1.78 bits per heavy atom. The largest absolute Gasteiger partial charge is 0.495 e. The van der Waals surface area contributed by atoms with Crippen molar-refractivity contribution in [3.63, 3.8) is 0 Å². The topological polar surface area (TPSA) is 9.23 Å². The summed E-state index contributed by atoms with van der Waals surface area (Å²) in [5.41, 5.74) is 0. The molecule has 18 heavy (non-hydrogen) atoms. The second-order valence-electron chi connectivity index (χ2n) is 4.09. The lowest BCUT2D eigenvalue weighted by Gasteiger charge is -2.12. The number of benzene rings is 3. The van der Waals surface area contributed by atoms with Crippen LogP contribution in [0.25, 0.3) is 21.5 Å². The van der Waals surface area contributed by atoms with E-state index >= 15 is 0 Å². The molecule has 0 aliphatic rings. The maximum absolute atomic E-state index is 6.27. The predicted octanol–water partition coefficient (Wildman–Crippen LogP) is 5.31. The normalized spacial score (nSPS) is 11.1. The third kappa shape index (κ3) is 1.63. The van der Waals surface area contributed by atoms with Gasteiger partial charge in [0.05, 0.1) is 17.2 Å². The van der Waals surface area contributed by atoms with Crippen molar-refractivity contribution >= 4 is 44.7 Å². The standard InChI is InChI=1S/C15H10Cl2O/c1-18-15-13-9(4-2-6-11(13)16)8-10-5-3-7-12(17)14(10)15/h2-8H,1H3. The molecule has 0 amide bonds. The Morgan fingerprint density at radius 1 is 0.833 bits per heavy atom. The van der Waals surface area contributed by atoms with Gasteiger partial charge in [-0.3, -0.25) is 0 Å². The third-order valence-corrected chi connectivity index (χ3v) is 3.69. The second-order valence-corrected chi connectivity index (χ2v) is 4.90. The molecule has 0 N–H and O–H groups in total. The van der Waals surface area contributed by atoms with E-state index in [4.69, 9.17) is 27.9 Å². The molecule has 0 aliphatic heterocycles. The minimum absolute atomic E-state index is 0.672. The quantitative estimate of drug-likeness (QED) is 0.548. The van der Waals surface area contributed by atoms with Gasteiger partial charge in [-0.2, -0.15) is 0 Å². The molecular weight excluding hydrogens is 267 g/mol. The fourth-order valence-corrected chi connectivity index (χ4v) is 2.83. The summed E-state index contributed by atoms with van der Waals surface area (Å²) in [5.74, 6) is 0.735. The van der Waals surface area contributed by atoms with Gasteiger partial charge in [0.15, 0.2) is 0 Å². The smallest absolute Gasteiger partial charge is 0.137 e. The summed E-state index contributed by atoms with van der Waals surface area (Å²) in [5, 5.41) is 5.25. The Balaban J connectivity index is 2.63. The molecule has 0 unspecified atom stereocenters. The summed E-state index contributed by atoms with van der Waals surface area (Å²) in [6, 6.07) is 13.7. The van der Waals surface area contributed by atoms with E-state index in [1.807, 2.05) is 36.4 Å². The van der Waals surface area contributed by atoms with Gasteiger partial charge in [-0.15, -0.1) is 0 Å². The van der Waals surface area contributed by atoms with Crippen LogP contribution < -0.4 is 4.74 Å². The van der Waals surface area contributed by atoms with E-state index in [1.54, 1.807) is 7.11 Å². The monoisotopic (exact) mass is 276 g/mol. The Morgan fingerprint density at radius 2 is 1.33 bits per heavy atom. The molecule has 3 aromatic rings. The van der Waals surface area contributed by atoms with Crippen LogP contribution in [0, 0.1) is 0 Å². The van der Waals surface area contributed by atoms with Crippen LogP contribution in [0.3, 0.4) is 0 Å². The Kier molecular flexibility index (Phi) is 2.81. The number of fused-ring (bicyclic) bond motifs is 2. The first-order chi connectivity index (χ1) is 8.72. The highest BCUT2D eigenvalue weighted by atomic mass is 35.5. The second kappa shape index (κ2) is 4.34. The molecule has 0 atom stereocenters. The zero-order valence-electron chi connectivity index (χ0n) is 9.71. The maximum atomic E-state index is 6.27. The zero-order valence-corrected chi connectivity index (χ0v) is 11.2.